The molecule has 0 radical (unpaired) electrons. The second kappa shape index (κ2) is 13.1. The zero-order valence-electron chi connectivity index (χ0n) is 19.9. The number of rotatable bonds is 13. The number of aryl methyl sites for hydroxylation is 1. The first-order valence-electron chi connectivity index (χ1n) is 11.4. The molecule has 0 aromatic heterocycles. The van der Waals surface area contributed by atoms with Crippen molar-refractivity contribution in [2.45, 2.75) is 59.0 Å². The molecule has 32 heavy (non-hydrogen) atoms. The topological polar surface area (TPSA) is 83.3 Å². The first-order valence-corrected chi connectivity index (χ1v) is 11.4. The van der Waals surface area contributed by atoms with Crippen LogP contribution < -0.4 is 10.5 Å². The summed E-state index contributed by atoms with van der Waals surface area (Å²) in [7, 11) is 0. The summed E-state index contributed by atoms with van der Waals surface area (Å²) in [6.07, 6.45) is 6.74. The van der Waals surface area contributed by atoms with Crippen molar-refractivity contribution in [3.63, 3.8) is 0 Å². The molecule has 1 aromatic rings. The van der Waals surface area contributed by atoms with Crippen molar-refractivity contribution < 1.29 is 23.8 Å². The van der Waals surface area contributed by atoms with Crippen molar-refractivity contribution in [3.8, 4) is 5.75 Å². The normalized spacial score (nSPS) is 14.0. The summed E-state index contributed by atoms with van der Waals surface area (Å²) < 4.78 is 16.9. The molecule has 7 nitrogen and oxygen atoms in total. The third-order valence-corrected chi connectivity index (χ3v) is 4.60. The van der Waals surface area contributed by atoms with Crippen LogP contribution in [0.5, 0.6) is 5.75 Å². The summed E-state index contributed by atoms with van der Waals surface area (Å²) in [6.45, 7) is 10.0. The van der Waals surface area contributed by atoms with Crippen LogP contribution in [-0.4, -0.2) is 49.5 Å². The summed E-state index contributed by atoms with van der Waals surface area (Å²) in [6, 6.07) is 8.13. The fourth-order valence-corrected chi connectivity index (χ4v) is 3.15. The number of ether oxygens (including phenoxy) is 3. The highest BCUT2D eigenvalue weighted by Gasteiger charge is 2.20. The minimum atomic E-state index is -0.502. The smallest absolute Gasteiger partial charge is 0.308 e. The average molecular weight is 447 g/mol. The van der Waals surface area contributed by atoms with E-state index in [-0.39, 0.29) is 19.0 Å². The van der Waals surface area contributed by atoms with E-state index in [0.717, 1.165) is 30.0 Å². The Morgan fingerprint density at radius 2 is 1.81 bits per heavy atom. The highest BCUT2D eigenvalue weighted by Crippen LogP contribution is 2.21. The van der Waals surface area contributed by atoms with Crippen LogP contribution in [0.3, 0.4) is 0 Å². The lowest BCUT2D eigenvalue weighted by Crippen LogP contribution is -2.31. The van der Waals surface area contributed by atoms with E-state index < -0.39 is 5.60 Å². The number of hydroxylamine groups is 2. The molecule has 0 atom stereocenters. The average Bonchev–Trinajstić information content (AvgIpc) is 2.73. The van der Waals surface area contributed by atoms with Gasteiger partial charge in [-0.25, -0.2) is 0 Å². The maximum atomic E-state index is 12.0. The molecule has 2 rings (SSSR count). The Kier molecular flexibility index (Phi) is 10.6. The fourth-order valence-electron chi connectivity index (χ4n) is 3.15. The van der Waals surface area contributed by atoms with Gasteiger partial charge in [-0.1, -0.05) is 12.1 Å². The third-order valence-electron chi connectivity index (χ3n) is 4.60. The Balaban J connectivity index is 1.86. The van der Waals surface area contributed by atoms with Gasteiger partial charge in [0.25, 0.3) is 0 Å². The zero-order chi connectivity index (χ0) is 23.4. The Morgan fingerprint density at radius 3 is 2.47 bits per heavy atom. The molecule has 0 fully saturated rings. The number of benzene rings is 1. The van der Waals surface area contributed by atoms with E-state index in [1.165, 1.54) is 5.56 Å². The first-order chi connectivity index (χ1) is 15.3. The Morgan fingerprint density at radius 1 is 1.06 bits per heavy atom. The Labute approximate surface area is 192 Å². The number of nitrogens with zero attached hydrogens (tertiary/aromatic N) is 1. The van der Waals surface area contributed by atoms with Gasteiger partial charge in [-0.15, -0.1) is 0 Å². The molecule has 0 aliphatic carbocycles. The van der Waals surface area contributed by atoms with Crippen LogP contribution in [0.15, 0.2) is 47.9 Å². The van der Waals surface area contributed by atoms with Gasteiger partial charge < -0.3 is 19.9 Å². The van der Waals surface area contributed by atoms with Gasteiger partial charge in [0.05, 0.1) is 26.2 Å². The number of allylic oxidation sites excluding steroid dienone is 2. The summed E-state index contributed by atoms with van der Waals surface area (Å²) >= 11 is 0. The molecule has 0 saturated carbocycles. The van der Waals surface area contributed by atoms with Gasteiger partial charge in [0.2, 0.25) is 0 Å². The summed E-state index contributed by atoms with van der Waals surface area (Å²) in [5, 5.41) is 1.77. The molecular formula is C25H38N2O5. The molecular weight excluding hydrogens is 408 g/mol. The van der Waals surface area contributed by atoms with E-state index in [1.807, 2.05) is 52.0 Å². The molecule has 1 aliphatic heterocycles. The molecule has 1 heterocycles. The molecule has 1 aromatic carbocycles. The molecule has 7 heteroatoms. The van der Waals surface area contributed by atoms with Gasteiger partial charge in [-0.05, 0) is 76.9 Å². The minimum Gasteiger partial charge on any atom is -0.496 e. The SMILES string of the molecule is CCOC1=CC=C(CCOc2ccc(CCCN)cc2)N(OCCC(=O)OC(C)(C)C)C1. The van der Waals surface area contributed by atoms with Crippen molar-refractivity contribution in [1.29, 1.82) is 0 Å². The van der Waals surface area contributed by atoms with Crippen LogP contribution in [0.2, 0.25) is 0 Å². The quantitative estimate of drug-likeness (QED) is 0.456. The molecule has 178 valence electrons. The molecule has 0 saturated heterocycles. The number of hydrogen-bond acceptors (Lipinski definition) is 7. The summed E-state index contributed by atoms with van der Waals surface area (Å²) in [5.74, 6) is 1.38. The number of carbonyl (C=O) groups excluding carboxylic acids is 1. The predicted molar refractivity (Wildman–Crippen MR) is 125 cm³/mol. The van der Waals surface area contributed by atoms with Crippen molar-refractivity contribution in [3.05, 3.63) is 53.4 Å². The van der Waals surface area contributed by atoms with Crippen molar-refractivity contribution in [1.82, 2.24) is 5.06 Å². The van der Waals surface area contributed by atoms with Crippen molar-refractivity contribution in [2.75, 3.05) is 32.9 Å². The molecule has 0 spiro atoms. The number of carbonyl (C=O) groups is 1. The van der Waals surface area contributed by atoms with Crippen molar-refractivity contribution >= 4 is 5.97 Å². The molecule has 2 N–H and O–H groups in total. The van der Waals surface area contributed by atoms with Crippen molar-refractivity contribution in [2.24, 2.45) is 5.73 Å². The van der Waals surface area contributed by atoms with Gasteiger partial charge >= 0.3 is 5.97 Å². The van der Waals surface area contributed by atoms with Gasteiger partial charge in [0.1, 0.15) is 23.7 Å². The van der Waals surface area contributed by atoms with Crippen LogP contribution in [0, 0.1) is 0 Å². The fraction of sp³-hybridized carbons (Fsp3) is 0.560. The van der Waals surface area contributed by atoms with Crippen LogP contribution in [0.4, 0.5) is 0 Å². The monoisotopic (exact) mass is 446 g/mol. The number of nitrogens with two attached hydrogens (primary N) is 1. The second-order valence-electron chi connectivity index (χ2n) is 8.56. The lowest BCUT2D eigenvalue weighted by molar-refractivity contribution is -0.166. The minimum absolute atomic E-state index is 0.182. The van der Waals surface area contributed by atoms with E-state index in [2.05, 4.69) is 12.1 Å². The third kappa shape index (κ3) is 9.75. The van der Waals surface area contributed by atoms with Gasteiger partial charge in [0, 0.05) is 12.1 Å². The highest BCUT2D eigenvalue weighted by atomic mass is 16.7. The second-order valence-corrected chi connectivity index (χ2v) is 8.56. The lowest BCUT2D eigenvalue weighted by atomic mass is 10.1. The summed E-state index contributed by atoms with van der Waals surface area (Å²) in [5.41, 5.74) is 7.30. The number of esters is 1. The van der Waals surface area contributed by atoms with Gasteiger partial charge in [0.15, 0.2) is 0 Å². The predicted octanol–water partition coefficient (Wildman–Crippen LogP) is 4.13. The lowest BCUT2D eigenvalue weighted by Gasteiger charge is -2.30. The maximum Gasteiger partial charge on any atom is 0.308 e. The van der Waals surface area contributed by atoms with Crippen LogP contribution in [0.1, 0.15) is 52.5 Å². The van der Waals surface area contributed by atoms with E-state index in [1.54, 1.807) is 5.06 Å². The molecule has 0 amide bonds. The van der Waals surface area contributed by atoms with E-state index in [4.69, 9.17) is 24.8 Å². The largest absolute Gasteiger partial charge is 0.496 e. The Bertz CT molecular complexity index is 766. The van der Waals surface area contributed by atoms with Gasteiger partial charge in [-0.2, -0.15) is 0 Å². The van der Waals surface area contributed by atoms with Gasteiger partial charge in [-0.3, -0.25) is 14.7 Å². The summed E-state index contributed by atoms with van der Waals surface area (Å²) in [4.78, 5) is 17.9. The van der Waals surface area contributed by atoms with Crippen LogP contribution >= 0.6 is 0 Å². The molecule has 0 unspecified atom stereocenters. The molecule has 1 aliphatic rings. The van der Waals surface area contributed by atoms with Crippen LogP contribution in [0.25, 0.3) is 0 Å². The Hall–Kier alpha value is -2.51. The van der Waals surface area contributed by atoms with Crippen LogP contribution in [-0.2, 0) is 25.5 Å². The maximum absolute atomic E-state index is 12.0. The van der Waals surface area contributed by atoms with E-state index in [0.29, 0.717) is 32.7 Å². The standard InChI is InChI=1S/C25H38N2O5/c1-5-29-23-13-10-21(27(19-23)31-18-15-24(28)32-25(2,3)4)14-17-30-22-11-8-20(9-12-22)7-6-16-26/h8-13H,5-7,14-19,26H2,1-4H3. The van der Waals surface area contributed by atoms with E-state index in [9.17, 15) is 4.79 Å². The highest BCUT2D eigenvalue weighted by molar-refractivity contribution is 5.69. The van der Waals surface area contributed by atoms with E-state index >= 15 is 0 Å². The zero-order valence-corrected chi connectivity index (χ0v) is 19.9. The molecule has 0 bridgehead atoms. The number of hydrogen-bond donors (Lipinski definition) is 1. The first kappa shape index (κ1) is 25.7.